The zero-order valence-electron chi connectivity index (χ0n) is 10.0. The number of ether oxygens (including phenoxy) is 1. The van der Waals surface area contributed by atoms with Crippen molar-refractivity contribution in [3.8, 4) is 5.75 Å². The van der Waals surface area contributed by atoms with Gasteiger partial charge in [0.2, 0.25) is 5.91 Å². The molecule has 18 heavy (non-hydrogen) atoms. The Balaban J connectivity index is 0.00000162. The van der Waals surface area contributed by atoms with Crippen molar-refractivity contribution in [3.63, 3.8) is 0 Å². The molecule has 0 atom stereocenters. The molecule has 1 fully saturated rings. The minimum absolute atomic E-state index is 0. The number of methoxy groups -OCH3 is 1. The number of hydrogen-bond acceptors (Lipinski definition) is 3. The molecule has 1 aliphatic carbocycles. The molecule has 1 aromatic carbocycles. The lowest BCUT2D eigenvalue weighted by molar-refractivity contribution is -0.123. The predicted molar refractivity (Wildman–Crippen MR) is 73.3 cm³/mol. The van der Waals surface area contributed by atoms with Gasteiger partial charge in [-0.05, 0) is 25.0 Å². The van der Waals surface area contributed by atoms with Gasteiger partial charge in [-0.1, -0.05) is 17.7 Å². The Kier molecular flexibility index (Phi) is 4.85. The van der Waals surface area contributed by atoms with Crippen molar-refractivity contribution in [2.24, 2.45) is 5.73 Å². The van der Waals surface area contributed by atoms with Gasteiger partial charge in [-0.25, -0.2) is 0 Å². The molecule has 0 unspecified atom stereocenters. The Labute approximate surface area is 117 Å². The first-order valence-electron chi connectivity index (χ1n) is 5.45. The van der Waals surface area contributed by atoms with Gasteiger partial charge in [-0.15, -0.1) is 12.4 Å². The van der Waals surface area contributed by atoms with E-state index in [0.29, 0.717) is 17.3 Å². The van der Waals surface area contributed by atoms with E-state index in [1.54, 1.807) is 19.2 Å². The van der Waals surface area contributed by atoms with Crippen molar-refractivity contribution in [1.82, 2.24) is 5.32 Å². The number of carbonyl (C=O) groups is 1. The topological polar surface area (TPSA) is 64.3 Å². The van der Waals surface area contributed by atoms with Crippen molar-refractivity contribution in [1.29, 1.82) is 0 Å². The third-order valence-corrected chi connectivity index (χ3v) is 3.16. The normalized spacial score (nSPS) is 15.5. The third kappa shape index (κ3) is 3.28. The fourth-order valence-electron chi connectivity index (χ4n) is 1.58. The summed E-state index contributed by atoms with van der Waals surface area (Å²) in [6.45, 7) is 0.401. The van der Waals surface area contributed by atoms with Crippen LogP contribution in [0.4, 0.5) is 0 Å². The molecule has 1 saturated carbocycles. The van der Waals surface area contributed by atoms with Gasteiger partial charge < -0.3 is 15.8 Å². The van der Waals surface area contributed by atoms with E-state index in [4.69, 9.17) is 22.1 Å². The first kappa shape index (κ1) is 15.1. The van der Waals surface area contributed by atoms with Gasteiger partial charge in [0, 0.05) is 17.1 Å². The van der Waals surface area contributed by atoms with E-state index in [0.717, 1.165) is 18.4 Å². The highest BCUT2D eigenvalue weighted by molar-refractivity contribution is 6.30. The fourth-order valence-corrected chi connectivity index (χ4v) is 1.74. The molecule has 2 rings (SSSR count). The average Bonchev–Trinajstić information content (AvgIpc) is 3.06. The standard InChI is InChI=1S/C12H15ClN2O2.ClH/c1-17-10-6-9(13)3-2-8(10)7-15-11(16)12(14)4-5-12;/h2-3,6H,4-5,7,14H2,1H3,(H,15,16);1H. The summed E-state index contributed by atoms with van der Waals surface area (Å²) in [4.78, 5) is 11.7. The Bertz CT molecular complexity index is 448. The van der Waals surface area contributed by atoms with Crippen molar-refractivity contribution in [3.05, 3.63) is 28.8 Å². The van der Waals surface area contributed by atoms with Crippen molar-refractivity contribution < 1.29 is 9.53 Å². The Morgan fingerprint density at radius 1 is 1.56 bits per heavy atom. The molecule has 6 heteroatoms. The predicted octanol–water partition coefficient (Wildman–Crippen LogP) is 1.88. The molecular formula is C12H16Cl2N2O2. The minimum atomic E-state index is -0.639. The first-order chi connectivity index (χ1) is 8.05. The van der Waals surface area contributed by atoms with Crippen LogP contribution in [0.1, 0.15) is 18.4 Å². The number of nitrogens with two attached hydrogens (primary N) is 1. The monoisotopic (exact) mass is 290 g/mol. The highest BCUT2D eigenvalue weighted by Gasteiger charge is 2.45. The van der Waals surface area contributed by atoms with Gasteiger partial charge in [-0.2, -0.15) is 0 Å². The lowest BCUT2D eigenvalue weighted by atomic mass is 10.2. The molecule has 3 N–H and O–H groups in total. The lowest BCUT2D eigenvalue weighted by Crippen LogP contribution is -2.42. The second-order valence-electron chi connectivity index (χ2n) is 4.29. The number of nitrogens with one attached hydrogen (secondary N) is 1. The molecule has 0 bridgehead atoms. The smallest absolute Gasteiger partial charge is 0.240 e. The zero-order chi connectivity index (χ0) is 12.5. The van der Waals surface area contributed by atoms with E-state index in [2.05, 4.69) is 5.32 Å². The van der Waals surface area contributed by atoms with Crippen LogP contribution in [-0.4, -0.2) is 18.6 Å². The summed E-state index contributed by atoms with van der Waals surface area (Å²) in [6.07, 6.45) is 1.52. The van der Waals surface area contributed by atoms with Crippen LogP contribution in [0.5, 0.6) is 5.75 Å². The Morgan fingerprint density at radius 2 is 2.22 bits per heavy atom. The molecule has 1 aromatic rings. The fraction of sp³-hybridized carbons (Fsp3) is 0.417. The molecule has 100 valence electrons. The van der Waals surface area contributed by atoms with E-state index < -0.39 is 5.54 Å². The molecule has 0 radical (unpaired) electrons. The van der Waals surface area contributed by atoms with E-state index in [-0.39, 0.29) is 18.3 Å². The number of amides is 1. The van der Waals surface area contributed by atoms with Gasteiger partial charge in [-0.3, -0.25) is 4.79 Å². The van der Waals surface area contributed by atoms with Gasteiger partial charge in [0.05, 0.1) is 12.6 Å². The number of carbonyl (C=O) groups excluding carboxylic acids is 1. The molecule has 1 aliphatic rings. The quantitative estimate of drug-likeness (QED) is 0.890. The van der Waals surface area contributed by atoms with Gasteiger partial charge in [0.15, 0.2) is 0 Å². The first-order valence-corrected chi connectivity index (χ1v) is 5.82. The summed E-state index contributed by atoms with van der Waals surface area (Å²) in [5.41, 5.74) is 6.03. The number of halogens is 2. The van der Waals surface area contributed by atoms with E-state index in [1.807, 2.05) is 6.07 Å². The van der Waals surface area contributed by atoms with Crippen molar-refractivity contribution in [2.45, 2.75) is 24.9 Å². The Morgan fingerprint density at radius 3 is 2.78 bits per heavy atom. The second kappa shape index (κ2) is 5.78. The molecule has 1 amide bonds. The molecule has 0 saturated heterocycles. The molecule has 0 aliphatic heterocycles. The maximum atomic E-state index is 11.7. The zero-order valence-corrected chi connectivity index (χ0v) is 11.6. The third-order valence-electron chi connectivity index (χ3n) is 2.93. The van der Waals surface area contributed by atoms with Crippen molar-refractivity contribution in [2.75, 3.05) is 7.11 Å². The van der Waals surface area contributed by atoms with Crippen LogP contribution in [0.15, 0.2) is 18.2 Å². The number of rotatable bonds is 4. The highest BCUT2D eigenvalue weighted by Crippen LogP contribution is 2.32. The molecule has 4 nitrogen and oxygen atoms in total. The van der Waals surface area contributed by atoms with Gasteiger partial charge >= 0.3 is 0 Å². The van der Waals surface area contributed by atoms with Crippen LogP contribution >= 0.6 is 24.0 Å². The molecule has 0 heterocycles. The summed E-state index contributed by atoms with van der Waals surface area (Å²) < 4.78 is 5.19. The summed E-state index contributed by atoms with van der Waals surface area (Å²) >= 11 is 5.85. The van der Waals surface area contributed by atoms with Gasteiger partial charge in [0.1, 0.15) is 5.75 Å². The highest BCUT2D eigenvalue weighted by atomic mass is 35.5. The van der Waals surface area contributed by atoms with Gasteiger partial charge in [0.25, 0.3) is 0 Å². The molecular weight excluding hydrogens is 275 g/mol. The largest absolute Gasteiger partial charge is 0.496 e. The maximum Gasteiger partial charge on any atom is 0.240 e. The average molecular weight is 291 g/mol. The van der Waals surface area contributed by atoms with E-state index in [1.165, 1.54) is 0 Å². The minimum Gasteiger partial charge on any atom is -0.496 e. The Hall–Kier alpha value is -0.970. The van der Waals surface area contributed by atoms with Crippen LogP contribution in [0, 0.1) is 0 Å². The van der Waals surface area contributed by atoms with Crippen LogP contribution in [0.2, 0.25) is 5.02 Å². The van der Waals surface area contributed by atoms with E-state index in [9.17, 15) is 4.79 Å². The maximum absolute atomic E-state index is 11.7. The second-order valence-corrected chi connectivity index (χ2v) is 4.73. The van der Waals surface area contributed by atoms with Crippen molar-refractivity contribution >= 4 is 29.9 Å². The molecule has 0 spiro atoms. The van der Waals surface area contributed by atoms with Crippen LogP contribution < -0.4 is 15.8 Å². The number of hydrogen-bond donors (Lipinski definition) is 2. The SMILES string of the molecule is COc1cc(Cl)ccc1CNC(=O)C1(N)CC1.Cl. The van der Waals surface area contributed by atoms with E-state index >= 15 is 0 Å². The number of benzene rings is 1. The summed E-state index contributed by atoms with van der Waals surface area (Å²) in [5.74, 6) is 0.564. The summed E-state index contributed by atoms with van der Waals surface area (Å²) in [7, 11) is 1.57. The van der Waals surface area contributed by atoms with Crippen LogP contribution in [-0.2, 0) is 11.3 Å². The summed E-state index contributed by atoms with van der Waals surface area (Å²) in [5, 5.41) is 3.41. The van der Waals surface area contributed by atoms with Crippen LogP contribution in [0.3, 0.4) is 0 Å². The van der Waals surface area contributed by atoms with Crippen LogP contribution in [0.25, 0.3) is 0 Å². The summed E-state index contributed by atoms with van der Waals surface area (Å²) in [6, 6.07) is 5.32. The molecule has 0 aromatic heterocycles. The lowest BCUT2D eigenvalue weighted by Gasteiger charge is -2.12.